The maximum atomic E-state index is 10.3. The Hall–Kier alpha value is -1.56. The highest BCUT2D eigenvalue weighted by molar-refractivity contribution is 5.71. The van der Waals surface area contributed by atoms with Crippen LogP contribution in [0.1, 0.15) is 13.8 Å². The van der Waals surface area contributed by atoms with Crippen LogP contribution in [0.4, 0.5) is 0 Å². The van der Waals surface area contributed by atoms with Gasteiger partial charge in [0.25, 0.3) is 0 Å². The Morgan fingerprint density at radius 2 is 1.85 bits per heavy atom. The lowest BCUT2D eigenvalue weighted by Crippen LogP contribution is -2.20. The lowest BCUT2D eigenvalue weighted by molar-refractivity contribution is -0.130. The molecule has 74 valence electrons. The number of hydrogen-bond donors (Lipinski definition) is 2. The van der Waals surface area contributed by atoms with Gasteiger partial charge in [-0.2, -0.15) is 5.48 Å². The van der Waals surface area contributed by atoms with Gasteiger partial charge in [-0.1, -0.05) is 0 Å². The maximum absolute atomic E-state index is 10.3. The largest absolute Gasteiger partial charge is 0.388 e. The molecule has 0 saturated heterocycles. The van der Waals surface area contributed by atoms with Crippen LogP contribution in [0.2, 0.25) is 0 Å². The fourth-order valence-corrected chi connectivity index (χ4v) is 0.396. The number of carbonyl (C=O) groups is 2. The Morgan fingerprint density at radius 3 is 2.38 bits per heavy atom. The van der Waals surface area contributed by atoms with Gasteiger partial charge < -0.3 is 4.84 Å². The zero-order chi connectivity index (χ0) is 10.1. The van der Waals surface area contributed by atoms with Crippen molar-refractivity contribution in [2.75, 3.05) is 6.61 Å². The monoisotopic (exact) mass is 188 g/mol. The van der Waals surface area contributed by atoms with E-state index in [0.29, 0.717) is 0 Å². The Labute approximate surface area is 75.8 Å². The quantitative estimate of drug-likeness (QED) is 0.351. The van der Waals surface area contributed by atoms with Gasteiger partial charge in [0.2, 0.25) is 11.8 Å². The average Bonchev–Trinajstić information content (AvgIpc) is 2.01. The first-order valence-electron chi connectivity index (χ1n) is 3.58. The fraction of sp³-hybridized carbons (Fsp3) is 0.429. The lowest BCUT2D eigenvalue weighted by atomic mass is 10.7. The van der Waals surface area contributed by atoms with Crippen molar-refractivity contribution in [2.45, 2.75) is 13.8 Å². The van der Waals surface area contributed by atoms with E-state index in [-0.39, 0.29) is 18.4 Å². The number of carbonyl (C=O) groups excluding carboxylic acids is 2. The van der Waals surface area contributed by atoms with Gasteiger partial charge in [0.05, 0.1) is 6.61 Å². The van der Waals surface area contributed by atoms with E-state index in [1.165, 1.54) is 26.2 Å². The molecule has 0 aliphatic rings. The van der Waals surface area contributed by atoms with Crippen molar-refractivity contribution in [1.29, 1.82) is 0 Å². The topological polar surface area (TPSA) is 76.7 Å². The first-order valence-corrected chi connectivity index (χ1v) is 3.58. The molecule has 0 atom stereocenters. The highest BCUT2D eigenvalue weighted by atomic mass is 16.7. The van der Waals surface area contributed by atoms with Gasteiger partial charge in [0, 0.05) is 13.8 Å². The number of hydrogen-bond acceptors (Lipinski definition) is 4. The molecule has 0 radical (unpaired) electrons. The van der Waals surface area contributed by atoms with Gasteiger partial charge in [-0.25, -0.2) is 5.48 Å². The normalized spacial score (nSPS) is 9.69. The lowest BCUT2D eigenvalue weighted by Gasteiger charge is -1.99. The first kappa shape index (κ1) is 11.4. The van der Waals surface area contributed by atoms with Gasteiger partial charge in [0.1, 0.15) is 6.26 Å². The van der Waals surface area contributed by atoms with E-state index >= 15 is 0 Å². The molecule has 0 unspecified atom stereocenters. The Morgan fingerprint density at radius 1 is 1.23 bits per heavy atom. The third-order valence-corrected chi connectivity index (χ3v) is 0.762. The molecule has 13 heavy (non-hydrogen) atoms. The SMILES string of the molecule is CC(=O)NOC=CCONC(C)=O. The Kier molecular flexibility index (Phi) is 6.26. The van der Waals surface area contributed by atoms with Gasteiger partial charge >= 0.3 is 0 Å². The predicted octanol–water partition coefficient (Wildman–Crippen LogP) is -0.365. The van der Waals surface area contributed by atoms with Gasteiger partial charge in [-0.05, 0) is 6.08 Å². The minimum Gasteiger partial charge on any atom is -0.388 e. The van der Waals surface area contributed by atoms with Crippen LogP contribution in [-0.4, -0.2) is 18.4 Å². The van der Waals surface area contributed by atoms with E-state index in [1.54, 1.807) is 0 Å². The molecule has 6 nitrogen and oxygen atoms in total. The van der Waals surface area contributed by atoms with Crippen molar-refractivity contribution in [3.8, 4) is 0 Å². The summed E-state index contributed by atoms with van der Waals surface area (Å²) in [4.78, 5) is 29.7. The van der Waals surface area contributed by atoms with Crippen LogP contribution >= 0.6 is 0 Å². The minimum atomic E-state index is -0.299. The maximum Gasteiger partial charge on any atom is 0.249 e. The fourth-order valence-electron chi connectivity index (χ4n) is 0.396. The van der Waals surface area contributed by atoms with Crippen LogP contribution in [0.3, 0.4) is 0 Å². The smallest absolute Gasteiger partial charge is 0.249 e. The second-order valence-corrected chi connectivity index (χ2v) is 2.12. The van der Waals surface area contributed by atoms with Crippen molar-refractivity contribution in [3.05, 3.63) is 12.3 Å². The van der Waals surface area contributed by atoms with Crippen molar-refractivity contribution < 1.29 is 19.3 Å². The summed E-state index contributed by atoms with van der Waals surface area (Å²) < 4.78 is 0. The molecule has 0 saturated carbocycles. The summed E-state index contributed by atoms with van der Waals surface area (Å²) in [6.07, 6.45) is 2.72. The molecule has 6 heteroatoms. The molecule has 0 aliphatic carbocycles. The van der Waals surface area contributed by atoms with Crippen molar-refractivity contribution in [3.63, 3.8) is 0 Å². The molecule has 0 aromatic heterocycles. The van der Waals surface area contributed by atoms with E-state index < -0.39 is 0 Å². The molecule has 0 aromatic carbocycles. The summed E-state index contributed by atoms with van der Waals surface area (Å²) in [7, 11) is 0. The number of amides is 2. The van der Waals surface area contributed by atoms with E-state index in [0.717, 1.165) is 0 Å². The zero-order valence-electron chi connectivity index (χ0n) is 7.49. The highest BCUT2D eigenvalue weighted by Gasteiger charge is 1.87. The second kappa shape index (κ2) is 7.11. The standard InChI is InChI=1S/C7H12N2O4/c1-6(10)8-12-4-3-5-13-9-7(2)11/h3-4H,5H2,1-2H3,(H,8,10)(H,9,11). The van der Waals surface area contributed by atoms with Gasteiger partial charge in [-0.3, -0.25) is 14.4 Å². The molecule has 0 spiro atoms. The van der Waals surface area contributed by atoms with Gasteiger partial charge in [0.15, 0.2) is 0 Å². The molecule has 0 aromatic rings. The van der Waals surface area contributed by atoms with E-state index in [4.69, 9.17) is 0 Å². The van der Waals surface area contributed by atoms with Crippen molar-refractivity contribution in [2.24, 2.45) is 0 Å². The summed E-state index contributed by atoms with van der Waals surface area (Å²) in [6, 6.07) is 0. The number of nitrogens with one attached hydrogen (secondary N) is 2. The van der Waals surface area contributed by atoms with Crippen LogP contribution in [-0.2, 0) is 19.3 Å². The molecule has 2 amide bonds. The number of hydroxylamine groups is 2. The second-order valence-electron chi connectivity index (χ2n) is 2.12. The van der Waals surface area contributed by atoms with Crippen LogP contribution in [0.5, 0.6) is 0 Å². The van der Waals surface area contributed by atoms with Crippen LogP contribution in [0.15, 0.2) is 12.3 Å². The van der Waals surface area contributed by atoms with E-state index in [1.807, 2.05) is 0 Å². The molecular formula is C7H12N2O4. The van der Waals surface area contributed by atoms with E-state index in [9.17, 15) is 9.59 Å². The third kappa shape index (κ3) is 10.4. The molecule has 0 bridgehead atoms. The third-order valence-electron chi connectivity index (χ3n) is 0.762. The molecule has 2 N–H and O–H groups in total. The summed E-state index contributed by atoms with van der Waals surface area (Å²) in [5.41, 5.74) is 4.19. The summed E-state index contributed by atoms with van der Waals surface area (Å²) in [5, 5.41) is 0. The average molecular weight is 188 g/mol. The molecule has 0 fully saturated rings. The van der Waals surface area contributed by atoms with Crippen molar-refractivity contribution in [1.82, 2.24) is 11.0 Å². The zero-order valence-corrected chi connectivity index (χ0v) is 7.49. The number of rotatable bonds is 5. The molecule has 0 aliphatic heterocycles. The first-order chi connectivity index (χ1) is 6.13. The summed E-state index contributed by atoms with van der Waals surface area (Å²) in [5.74, 6) is -0.580. The van der Waals surface area contributed by atoms with Crippen LogP contribution in [0.25, 0.3) is 0 Å². The van der Waals surface area contributed by atoms with E-state index in [2.05, 4.69) is 20.6 Å². The predicted molar refractivity (Wildman–Crippen MR) is 43.8 cm³/mol. The molecule has 0 heterocycles. The highest BCUT2D eigenvalue weighted by Crippen LogP contribution is 1.75. The summed E-state index contributed by atoms with van der Waals surface area (Å²) >= 11 is 0. The van der Waals surface area contributed by atoms with Crippen LogP contribution < -0.4 is 11.0 Å². The Bertz CT molecular complexity index is 203. The van der Waals surface area contributed by atoms with Gasteiger partial charge in [-0.15, -0.1) is 0 Å². The molecule has 0 rings (SSSR count). The minimum absolute atomic E-state index is 0.166. The summed E-state index contributed by atoms with van der Waals surface area (Å²) in [6.45, 7) is 2.82. The van der Waals surface area contributed by atoms with Crippen LogP contribution in [0, 0.1) is 0 Å². The Balaban J connectivity index is 3.22. The molecular weight excluding hydrogens is 176 g/mol. The van der Waals surface area contributed by atoms with Crippen molar-refractivity contribution >= 4 is 11.8 Å².